The zero-order chi connectivity index (χ0) is 12.2. The van der Waals surface area contributed by atoms with Crippen molar-refractivity contribution in [1.29, 1.82) is 0 Å². The Bertz CT molecular complexity index is 417. The molecule has 90 valence electrons. The van der Waals surface area contributed by atoms with Crippen molar-refractivity contribution in [2.75, 3.05) is 12.4 Å². The van der Waals surface area contributed by atoms with E-state index >= 15 is 0 Å². The van der Waals surface area contributed by atoms with E-state index < -0.39 is 10.0 Å². The summed E-state index contributed by atoms with van der Waals surface area (Å²) in [6, 6.07) is 8.32. The van der Waals surface area contributed by atoms with Gasteiger partial charge in [0.15, 0.2) is 0 Å². The minimum absolute atomic E-state index is 0.0936. The third kappa shape index (κ3) is 2.97. The summed E-state index contributed by atoms with van der Waals surface area (Å²) in [5, 5.41) is 0. The van der Waals surface area contributed by atoms with E-state index in [1.54, 1.807) is 30.3 Å². The monoisotopic (exact) mass is 261 g/mol. The number of rotatable bonds is 5. The molecule has 16 heavy (non-hydrogen) atoms. The van der Waals surface area contributed by atoms with Gasteiger partial charge in [0.2, 0.25) is 10.0 Å². The van der Waals surface area contributed by atoms with Crippen LogP contribution in [0.25, 0.3) is 0 Å². The SMILES string of the molecule is CC(C)N(CCCl)S(=O)(=O)c1ccccc1. The maximum atomic E-state index is 12.2. The van der Waals surface area contributed by atoms with Crippen LogP contribution in [0.3, 0.4) is 0 Å². The van der Waals surface area contributed by atoms with Crippen molar-refractivity contribution in [3.05, 3.63) is 30.3 Å². The molecule has 1 aromatic carbocycles. The van der Waals surface area contributed by atoms with Gasteiger partial charge in [-0.25, -0.2) is 8.42 Å². The first kappa shape index (κ1) is 13.5. The van der Waals surface area contributed by atoms with E-state index in [4.69, 9.17) is 11.6 Å². The van der Waals surface area contributed by atoms with Crippen molar-refractivity contribution in [1.82, 2.24) is 4.31 Å². The van der Waals surface area contributed by atoms with Crippen molar-refractivity contribution in [3.8, 4) is 0 Å². The second-order valence-corrected chi connectivity index (χ2v) is 5.98. The summed E-state index contributed by atoms with van der Waals surface area (Å²) in [7, 11) is -3.41. The number of nitrogens with zero attached hydrogens (tertiary/aromatic N) is 1. The molecule has 0 heterocycles. The molecule has 0 bridgehead atoms. The Morgan fingerprint density at radius 3 is 2.25 bits per heavy atom. The standard InChI is InChI=1S/C11H16ClNO2S/c1-10(2)13(9-8-12)16(14,15)11-6-4-3-5-7-11/h3-7,10H,8-9H2,1-2H3. The minimum atomic E-state index is -3.41. The van der Waals surface area contributed by atoms with Crippen molar-refractivity contribution in [3.63, 3.8) is 0 Å². The Balaban J connectivity index is 3.09. The molecule has 0 aromatic heterocycles. The summed E-state index contributed by atoms with van der Waals surface area (Å²) in [5.74, 6) is 0.296. The highest BCUT2D eigenvalue weighted by molar-refractivity contribution is 7.89. The van der Waals surface area contributed by atoms with Crippen LogP contribution in [0.5, 0.6) is 0 Å². The Morgan fingerprint density at radius 1 is 1.25 bits per heavy atom. The molecule has 1 rings (SSSR count). The number of hydrogen-bond acceptors (Lipinski definition) is 2. The molecule has 0 N–H and O–H groups in total. The van der Waals surface area contributed by atoms with E-state index in [0.717, 1.165) is 0 Å². The van der Waals surface area contributed by atoms with Gasteiger partial charge >= 0.3 is 0 Å². The molecule has 0 fully saturated rings. The van der Waals surface area contributed by atoms with Gasteiger partial charge in [0, 0.05) is 18.5 Å². The van der Waals surface area contributed by atoms with Crippen molar-refractivity contribution < 1.29 is 8.42 Å². The number of alkyl halides is 1. The lowest BCUT2D eigenvalue weighted by atomic mass is 10.4. The molecule has 0 aliphatic heterocycles. The third-order valence-electron chi connectivity index (χ3n) is 2.23. The van der Waals surface area contributed by atoms with E-state index in [1.807, 2.05) is 13.8 Å². The molecule has 0 saturated heterocycles. The predicted octanol–water partition coefficient (Wildman–Crippen LogP) is 2.32. The van der Waals surface area contributed by atoms with Gasteiger partial charge in [-0.2, -0.15) is 4.31 Å². The molecule has 3 nitrogen and oxygen atoms in total. The summed E-state index contributed by atoms with van der Waals surface area (Å²) in [6.45, 7) is 4.01. The average Bonchev–Trinajstić information content (AvgIpc) is 2.26. The zero-order valence-corrected chi connectivity index (χ0v) is 11.0. The normalized spacial score (nSPS) is 12.3. The van der Waals surface area contributed by atoms with Gasteiger partial charge in [0.05, 0.1) is 4.90 Å². The highest BCUT2D eigenvalue weighted by Gasteiger charge is 2.25. The predicted molar refractivity (Wildman–Crippen MR) is 66.2 cm³/mol. The number of halogens is 1. The lowest BCUT2D eigenvalue weighted by Crippen LogP contribution is -2.38. The molecule has 0 saturated carbocycles. The largest absolute Gasteiger partial charge is 0.243 e. The number of hydrogen-bond donors (Lipinski definition) is 0. The first-order valence-corrected chi connectivity index (χ1v) is 7.10. The summed E-state index contributed by atoms with van der Waals surface area (Å²) >= 11 is 5.63. The highest BCUT2D eigenvalue weighted by atomic mass is 35.5. The maximum absolute atomic E-state index is 12.2. The molecule has 0 radical (unpaired) electrons. The van der Waals surface area contributed by atoms with E-state index in [2.05, 4.69) is 0 Å². The summed E-state index contributed by atoms with van der Waals surface area (Å²) in [5.41, 5.74) is 0. The van der Waals surface area contributed by atoms with Gasteiger partial charge in [-0.3, -0.25) is 0 Å². The lowest BCUT2D eigenvalue weighted by molar-refractivity contribution is 0.370. The summed E-state index contributed by atoms with van der Waals surface area (Å²) in [6.07, 6.45) is 0. The van der Waals surface area contributed by atoms with Crippen LogP contribution in [0.1, 0.15) is 13.8 Å². The molecule has 5 heteroatoms. The van der Waals surface area contributed by atoms with E-state index in [0.29, 0.717) is 17.3 Å². The van der Waals surface area contributed by atoms with Crippen LogP contribution >= 0.6 is 11.6 Å². The molecule has 0 atom stereocenters. The van der Waals surface area contributed by atoms with Crippen LogP contribution in [0.4, 0.5) is 0 Å². The van der Waals surface area contributed by atoms with Crippen LogP contribution in [-0.4, -0.2) is 31.2 Å². The Hall–Kier alpha value is -0.580. The van der Waals surface area contributed by atoms with Crippen LogP contribution < -0.4 is 0 Å². The van der Waals surface area contributed by atoms with Crippen LogP contribution in [0.15, 0.2) is 35.2 Å². The molecule has 0 amide bonds. The van der Waals surface area contributed by atoms with Gasteiger partial charge in [-0.05, 0) is 26.0 Å². The fourth-order valence-electron chi connectivity index (χ4n) is 1.47. The molecule has 0 aliphatic rings. The van der Waals surface area contributed by atoms with Gasteiger partial charge in [0.25, 0.3) is 0 Å². The van der Waals surface area contributed by atoms with E-state index in [9.17, 15) is 8.42 Å². The van der Waals surface area contributed by atoms with Gasteiger partial charge < -0.3 is 0 Å². The fourth-order valence-corrected chi connectivity index (χ4v) is 3.41. The second-order valence-electron chi connectivity index (χ2n) is 3.71. The van der Waals surface area contributed by atoms with E-state index in [1.165, 1.54) is 4.31 Å². The zero-order valence-electron chi connectivity index (χ0n) is 9.43. The van der Waals surface area contributed by atoms with Crippen LogP contribution in [0, 0.1) is 0 Å². The van der Waals surface area contributed by atoms with Crippen molar-refractivity contribution in [2.45, 2.75) is 24.8 Å². The quantitative estimate of drug-likeness (QED) is 0.763. The minimum Gasteiger partial charge on any atom is -0.207 e. The smallest absolute Gasteiger partial charge is 0.207 e. The highest BCUT2D eigenvalue weighted by Crippen LogP contribution is 2.17. The Kier molecular flexibility index (Phi) is 4.77. The Morgan fingerprint density at radius 2 is 1.81 bits per heavy atom. The average molecular weight is 262 g/mol. The molecular formula is C11H16ClNO2S. The second kappa shape index (κ2) is 5.66. The van der Waals surface area contributed by atoms with Gasteiger partial charge in [-0.15, -0.1) is 11.6 Å². The molecule has 1 aromatic rings. The first-order chi connectivity index (χ1) is 7.50. The van der Waals surface area contributed by atoms with Crippen molar-refractivity contribution >= 4 is 21.6 Å². The van der Waals surface area contributed by atoms with E-state index in [-0.39, 0.29) is 6.04 Å². The number of sulfonamides is 1. The summed E-state index contributed by atoms with van der Waals surface area (Å²) < 4.78 is 25.9. The number of benzene rings is 1. The molecule has 0 unspecified atom stereocenters. The van der Waals surface area contributed by atoms with Crippen LogP contribution in [-0.2, 0) is 10.0 Å². The van der Waals surface area contributed by atoms with Crippen LogP contribution in [0.2, 0.25) is 0 Å². The first-order valence-electron chi connectivity index (χ1n) is 5.13. The lowest BCUT2D eigenvalue weighted by Gasteiger charge is -2.24. The fraction of sp³-hybridized carbons (Fsp3) is 0.455. The Labute approximate surface area is 102 Å². The third-order valence-corrected chi connectivity index (χ3v) is 4.49. The molecule has 0 aliphatic carbocycles. The molecule has 0 spiro atoms. The summed E-state index contributed by atoms with van der Waals surface area (Å²) in [4.78, 5) is 0.314. The van der Waals surface area contributed by atoms with Crippen molar-refractivity contribution in [2.24, 2.45) is 0 Å². The maximum Gasteiger partial charge on any atom is 0.243 e. The van der Waals surface area contributed by atoms with Gasteiger partial charge in [-0.1, -0.05) is 18.2 Å². The van der Waals surface area contributed by atoms with Gasteiger partial charge in [0.1, 0.15) is 0 Å². The topological polar surface area (TPSA) is 37.4 Å². The molecular weight excluding hydrogens is 246 g/mol.